The zero-order valence-corrected chi connectivity index (χ0v) is 17.3. The van der Waals surface area contributed by atoms with Crippen molar-refractivity contribution in [2.75, 3.05) is 17.7 Å². The highest BCUT2D eigenvalue weighted by Crippen LogP contribution is 2.25. The van der Waals surface area contributed by atoms with Crippen LogP contribution in [0.4, 0.5) is 15.8 Å². The Hall–Kier alpha value is -2.64. The molecule has 28 heavy (non-hydrogen) atoms. The van der Waals surface area contributed by atoms with Crippen LogP contribution in [0, 0.1) is 19.7 Å². The molecule has 0 saturated heterocycles. The molecule has 146 valence electrons. The van der Waals surface area contributed by atoms with Crippen LogP contribution in [0.25, 0.3) is 0 Å². The smallest absolute Gasteiger partial charge is 0.175 e. The van der Waals surface area contributed by atoms with E-state index < -0.39 is 0 Å². The maximum absolute atomic E-state index is 14.1. The molecule has 0 amide bonds. The molecule has 2 N–H and O–H groups in total. The summed E-state index contributed by atoms with van der Waals surface area (Å²) < 4.78 is 21.0. The fourth-order valence-electron chi connectivity index (χ4n) is 2.84. The normalized spacial score (nSPS) is 10.6. The Kier molecular flexibility index (Phi) is 6.16. The summed E-state index contributed by atoms with van der Waals surface area (Å²) in [5.74, 6) is 0.375. The summed E-state index contributed by atoms with van der Waals surface area (Å²) in [7, 11) is 1.61. The first-order chi connectivity index (χ1) is 13.4. The number of nitrogens with zero attached hydrogens (tertiary/aromatic N) is 2. The highest BCUT2D eigenvalue weighted by molar-refractivity contribution is 7.80. The van der Waals surface area contributed by atoms with Gasteiger partial charge in [-0.2, -0.15) is 5.10 Å². The molecule has 8 heteroatoms. The summed E-state index contributed by atoms with van der Waals surface area (Å²) in [6, 6.07) is 12.1. The van der Waals surface area contributed by atoms with Gasteiger partial charge in [0.15, 0.2) is 5.11 Å². The van der Waals surface area contributed by atoms with Gasteiger partial charge in [0.05, 0.1) is 30.7 Å². The predicted molar refractivity (Wildman–Crippen MR) is 115 cm³/mol. The maximum Gasteiger partial charge on any atom is 0.175 e. The number of hydrogen-bond donors (Lipinski definition) is 2. The molecule has 0 saturated carbocycles. The molecular weight excluding hydrogens is 399 g/mol. The lowest BCUT2D eigenvalue weighted by atomic mass is 10.2. The van der Waals surface area contributed by atoms with Gasteiger partial charge < -0.3 is 15.4 Å². The molecule has 1 aromatic heterocycles. The van der Waals surface area contributed by atoms with Crippen molar-refractivity contribution in [1.29, 1.82) is 0 Å². The Morgan fingerprint density at radius 2 is 1.96 bits per heavy atom. The molecular formula is C20H20ClFN4OS. The molecule has 0 atom stereocenters. The summed E-state index contributed by atoms with van der Waals surface area (Å²) in [4.78, 5) is 0. The number of nitrogens with one attached hydrogen (secondary N) is 2. The average Bonchev–Trinajstić information content (AvgIpc) is 2.92. The van der Waals surface area contributed by atoms with Gasteiger partial charge in [-0.15, -0.1) is 0 Å². The first-order valence-electron chi connectivity index (χ1n) is 8.58. The highest BCUT2D eigenvalue weighted by atomic mass is 35.5. The summed E-state index contributed by atoms with van der Waals surface area (Å²) in [5.41, 5.74) is 3.55. The van der Waals surface area contributed by atoms with Crippen LogP contribution < -0.4 is 15.4 Å². The van der Waals surface area contributed by atoms with Crippen molar-refractivity contribution in [3.8, 4) is 5.75 Å². The van der Waals surface area contributed by atoms with E-state index in [1.165, 1.54) is 6.07 Å². The molecule has 2 aromatic carbocycles. The maximum atomic E-state index is 14.1. The van der Waals surface area contributed by atoms with E-state index in [4.69, 9.17) is 28.6 Å². The van der Waals surface area contributed by atoms with E-state index in [1.54, 1.807) is 23.9 Å². The van der Waals surface area contributed by atoms with Crippen LogP contribution in [0.3, 0.4) is 0 Å². The number of ether oxygens (including phenoxy) is 1. The van der Waals surface area contributed by atoms with Gasteiger partial charge in [-0.1, -0.05) is 23.7 Å². The predicted octanol–water partition coefficient (Wildman–Crippen LogP) is 5.16. The average molecular weight is 419 g/mol. The van der Waals surface area contributed by atoms with Gasteiger partial charge in [0.25, 0.3) is 0 Å². The molecule has 0 aliphatic carbocycles. The summed E-state index contributed by atoms with van der Waals surface area (Å²) in [5, 5.41) is 11.6. The number of halogens is 2. The third kappa shape index (κ3) is 4.43. The second-order valence-electron chi connectivity index (χ2n) is 6.21. The van der Waals surface area contributed by atoms with Crippen LogP contribution in [0.15, 0.2) is 42.5 Å². The Balaban J connectivity index is 1.77. The third-order valence-electron chi connectivity index (χ3n) is 4.32. The minimum atomic E-state index is -0.357. The number of methoxy groups -OCH3 is 1. The zero-order chi connectivity index (χ0) is 20.3. The van der Waals surface area contributed by atoms with E-state index in [9.17, 15) is 4.39 Å². The lowest BCUT2D eigenvalue weighted by Gasteiger charge is -2.12. The minimum Gasteiger partial charge on any atom is -0.497 e. The van der Waals surface area contributed by atoms with Crippen LogP contribution in [-0.2, 0) is 6.54 Å². The number of benzene rings is 2. The van der Waals surface area contributed by atoms with Crippen LogP contribution >= 0.6 is 23.8 Å². The second kappa shape index (κ2) is 8.58. The SMILES string of the molecule is COc1cccc(NC(=S)Nc2c(C)nn(Cc3c(F)cccc3Cl)c2C)c1. The molecule has 0 aliphatic heterocycles. The van der Waals surface area contributed by atoms with Crippen molar-refractivity contribution < 1.29 is 9.13 Å². The fourth-order valence-corrected chi connectivity index (χ4v) is 3.28. The summed E-state index contributed by atoms with van der Waals surface area (Å²) in [6.45, 7) is 3.99. The van der Waals surface area contributed by atoms with Gasteiger partial charge >= 0.3 is 0 Å². The van der Waals surface area contributed by atoms with E-state index in [1.807, 2.05) is 38.1 Å². The van der Waals surface area contributed by atoms with E-state index in [-0.39, 0.29) is 12.4 Å². The van der Waals surface area contributed by atoms with Crippen LogP contribution in [0.1, 0.15) is 17.0 Å². The highest BCUT2D eigenvalue weighted by Gasteiger charge is 2.16. The molecule has 0 radical (unpaired) electrons. The standard InChI is InChI=1S/C20H20ClFN4OS/c1-12-19(24-20(28)23-14-6-4-7-15(10-14)27-3)13(2)26(25-12)11-16-17(21)8-5-9-18(16)22/h4-10H,11H2,1-3H3,(H2,23,24,28). The van der Waals surface area contributed by atoms with E-state index >= 15 is 0 Å². The van der Waals surface area contributed by atoms with Crippen LogP contribution in [0.5, 0.6) is 5.75 Å². The monoisotopic (exact) mass is 418 g/mol. The Bertz CT molecular complexity index is 1000. The molecule has 0 fully saturated rings. The number of rotatable bonds is 5. The molecule has 3 rings (SSSR count). The molecule has 0 aliphatic rings. The largest absolute Gasteiger partial charge is 0.497 e. The molecule has 0 spiro atoms. The molecule has 5 nitrogen and oxygen atoms in total. The topological polar surface area (TPSA) is 51.1 Å². The van der Waals surface area contributed by atoms with Gasteiger partial charge in [0, 0.05) is 22.3 Å². The quantitative estimate of drug-likeness (QED) is 0.560. The lowest BCUT2D eigenvalue weighted by Crippen LogP contribution is -2.20. The first kappa shape index (κ1) is 20.1. The van der Waals surface area contributed by atoms with E-state index in [2.05, 4.69) is 15.7 Å². The Morgan fingerprint density at radius 3 is 2.68 bits per heavy atom. The fraction of sp³-hybridized carbons (Fsp3) is 0.200. The molecule has 1 heterocycles. The minimum absolute atomic E-state index is 0.232. The molecule has 3 aromatic rings. The van der Waals surface area contributed by atoms with Crippen molar-refractivity contribution in [3.05, 3.63) is 70.3 Å². The van der Waals surface area contributed by atoms with Gasteiger partial charge in [-0.05, 0) is 50.3 Å². The van der Waals surface area contributed by atoms with Gasteiger partial charge in [0.1, 0.15) is 11.6 Å². The number of anilines is 2. The summed E-state index contributed by atoms with van der Waals surface area (Å²) >= 11 is 11.6. The Labute approximate surface area is 173 Å². The molecule has 0 bridgehead atoms. The number of thiocarbonyl (C=S) groups is 1. The Morgan fingerprint density at radius 1 is 1.21 bits per heavy atom. The second-order valence-corrected chi connectivity index (χ2v) is 7.03. The van der Waals surface area contributed by atoms with E-state index in [0.29, 0.717) is 15.7 Å². The molecule has 0 unspecified atom stereocenters. The lowest BCUT2D eigenvalue weighted by molar-refractivity contribution is 0.415. The third-order valence-corrected chi connectivity index (χ3v) is 4.88. The van der Waals surface area contributed by atoms with E-state index in [0.717, 1.165) is 28.5 Å². The van der Waals surface area contributed by atoms with Crippen molar-refractivity contribution >= 4 is 40.3 Å². The van der Waals surface area contributed by atoms with Gasteiger partial charge in [-0.25, -0.2) is 4.39 Å². The van der Waals surface area contributed by atoms with Gasteiger partial charge in [-0.3, -0.25) is 4.68 Å². The number of hydrogen-bond acceptors (Lipinski definition) is 3. The van der Waals surface area contributed by atoms with Crippen molar-refractivity contribution in [2.24, 2.45) is 0 Å². The van der Waals surface area contributed by atoms with Gasteiger partial charge in [0.2, 0.25) is 0 Å². The summed E-state index contributed by atoms with van der Waals surface area (Å²) in [6.07, 6.45) is 0. The number of aromatic nitrogens is 2. The van der Waals surface area contributed by atoms with Crippen molar-refractivity contribution in [1.82, 2.24) is 9.78 Å². The first-order valence-corrected chi connectivity index (χ1v) is 9.36. The van der Waals surface area contributed by atoms with Crippen LogP contribution in [0.2, 0.25) is 5.02 Å². The van der Waals surface area contributed by atoms with Crippen LogP contribution in [-0.4, -0.2) is 22.0 Å². The number of aryl methyl sites for hydroxylation is 1. The zero-order valence-electron chi connectivity index (χ0n) is 15.7. The van der Waals surface area contributed by atoms with Crippen molar-refractivity contribution in [2.45, 2.75) is 20.4 Å². The van der Waals surface area contributed by atoms with Crippen molar-refractivity contribution in [3.63, 3.8) is 0 Å².